The number of anilines is 2. The van der Waals surface area contributed by atoms with Gasteiger partial charge in [0.25, 0.3) is 0 Å². The summed E-state index contributed by atoms with van der Waals surface area (Å²) in [5.74, 6) is 0. The summed E-state index contributed by atoms with van der Waals surface area (Å²) in [6.45, 7) is 4.18. The standard InChI is InChI=1S/C17H20N2/c1-13-11-14(8-9-16(13)18)12-19-10-4-6-15-5-2-3-7-17(15)19/h2-3,5,7-9,11H,4,6,10,12,18H2,1H3. The molecular formula is C17H20N2. The number of nitrogen functional groups attached to an aromatic ring is 1. The lowest BCUT2D eigenvalue weighted by Gasteiger charge is -2.31. The first kappa shape index (κ1) is 12.1. The third-order valence-corrected chi connectivity index (χ3v) is 3.91. The van der Waals surface area contributed by atoms with E-state index in [-0.39, 0.29) is 0 Å². The topological polar surface area (TPSA) is 29.3 Å². The van der Waals surface area contributed by atoms with Gasteiger partial charge in [-0.3, -0.25) is 0 Å². The van der Waals surface area contributed by atoms with Gasteiger partial charge in [0.1, 0.15) is 0 Å². The molecule has 0 aliphatic carbocycles. The van der Waals surface area contributed by atoms with E-state index in [9.17, 15) is 0 Å². The number of hydrogen-bond acceptors (Lipinski definition) is 2. The van der Waals surface area contributed by atoms with Crippen LogP contribution in [0.15, 0.2) is 42.5 Å². The molecule has 0 radical (unpaired) electrons. The molecule has 0 spiro atoms. The Morgan fingerprint density at radius 3 is 2.84 bits per heavy atom. The van der Waals surface area contributed by atoms with E-state index in [2.05, 4.69) is 48.2 Å². The lowest BCUT2D eigenvalue weighted by atomic mass is 10.0. The maximum absolute atomic E-state index is 5.88. The molecule has 0 amide bonds. The average Bonchev–Trinajstić information content (AvgIpc) is 2.43. The van der Waals surface area contributed by atoms with Gasteiger partial charge in [-0.05, 0) is 48.6 Å². The molecule has 0 unspecified atom stereocenters. The number of hydrogen-bond donors (Lipinski definition) is 1. The number of nitrogens with zero attached hydrogens (tertiary/aromatic N) is 1. The molecule has 0 atom stereocenters. The second-order valence-electron chi connectivity index (χ2n) is 5.34. The van der Waals surface area contributed by atoms with E-state index in [4.69, 9.17) is 5.73 Å². The van der Waals surface area contributed by atoms with Crippen molar-refractivity contribution in [1.82, 2.24) is 0 Å². The maximum Gasteiger partial charge on any atom is 0.0429 e. The van der Waals surface area contributed by atoms with E-state index in [1.165, 1.54) is 35.2 Å². The molecule has 2 nitrogen and oxygen atoms in total. The van der Waals surface area contributed by atoms with Crippen LogP contribution in [0.5, 0.6) is 0 Å². The zero-order valence-electron chi connectivity index (χ0n) is 11.4. The SMILES string of the molecule is Cc1cc(CN2CCCc3ccccc32)ccc1N. The zero-order valence-corrected chi connectivity index (χ0v) is 11.4. The average molecular weight is 252 g/mol. The summed E-state index contributed by atoms with van der Waals surface area (Å²) >= 11 is 0. The number of rotatable bonds is 2. The van der Waals surface area contributed by atoms with Crippen molar-refractivity contribution in [3.8, 4) is 0 Å². The van der Waals surface area contributed by atoms with Crippen LogP contribution < -0.4 is 10.6 Å². The summed E-state index contributed by atoms with van der Waals surface area (Å²) in [6.07, 6.45) is 2.44. The van der Waals surface area contributed by atoms with E-state index in [0.717, 1.165) is 18.8 Å². The zero-order chi connectivity index (χ0) is 13.2. The maximum atomic E-state index is 5.88. The predicted molar refractivity (Wildman–Crippen MR) is 81.4 cm³/mol. The van der Waals surface area contributed by atoms with Crippen molar-refractivity contribution < 1.29 is 0 Å². The molecule has 2 aromatic rings. The van der Waals surface area contributed by atoms with E-state index in [1.807, 2.05) is 6.07 Å². The highest BCUT2D eigenvalue weighted by molar-refractivity contribution is 5.56. The molecule has 0 aromatic heterocycles. The molecule has 1 heterocycles. The van der Waals surface area contributed by atoms with Crippen LogP contribution in [0.25, 0.3) is 0 Å². The summed E-state index contributed by atoms with van der Waals surface area (Å²) in [5.41, 5.74) is 12.1. The van der Waals surface area contributed by atoms with Crippen molar-refractivity contribution in [2.45, 2.75) is 26.3 Å². The number of fused-ring (bicyclic) bond motifs is 1. The third kappa shape index (κ3) is 2.43. The molecule has 2 aromatic carbocycles. The highest BCUT2D eigenvalue weighted by Crippen LogP contribution is 2.28. The van der Waals surface area contributed by atoms with Crippen LogP contribution in [-0.2, 0) is 13.0 Å². The molecule has 0 fully saturated rings. The van der Waals surface area contributed by atoms with Crippen molar-refractivity contribution in [3.63, 3.8) is 0 Å². The molecule has 19 heavy (non-hydrogen) atoms. The van der Waals surface area contributed by atoms with Crippen LogP contribution in [0, 0.1) is 6.92 Å². The molecule has 0 saturated carbocycles. The molecule has 98 valence electrons. The van der Waals surface area contributed by atoms with Gasteiger partial charge >= 0.3 is 0 Å². The van der Waals surface area contributed by atoms with Gasteiger partial charge in [0.2, 0.25) is 0 Å². The second kappa shape index (κ2) is 4.96. The number of aryl methyl sites for hydroxylation is 2. The Labute approximate surface area is 114 Å². The molecule has 0 saturated heterocycles. The highest BCUT2D eigenvalue weighted by atomic mass is 15.1. The van der Waals surface area contributed by atoms with Crippen LogP contribution in [-0.4, -0.2) is 6.54 Å². The van der Waals surface area contributed by atoms with Crippen molar-refractivity contribution in [2.24, 2.45) is 0 Å². The van der Waals surface area contributed by atoms with Crippen LogP contribution in [0.4, 0.5) is 11.4 Å². The van der Waals surface area contributed by atoms with Crippen LogP contribution in [0.2, 0.25) is 0 Å². The van der Waals surface area contributed by atoms with Crippen molar-refractivity contribution >= 4 is 11.4 Å². The van der Waals surface area contributed by atoms with Crippen molar-refractivity contribution in [3.05, 3.63) is 59.2 Å². The Morgan fingerprint density at radius 1 is 1.16 bits per heavy atom. The predicted octanol–water partition coefficient (Wildman–Crippen LogP) is 3.53. The summed E-state index contributed by atoms with van der Waals surface area (Å²) in [4.78, 5) is 2.48. The lowest BCUT2D eigenvalue weighted by molar-refractivity contribution is 0.691. The monoisotopic (exact) mass is 252 g/mol. The first-order valence-electron chi connectivity index (χ1n) is 6.92. The second-order valence-corrected chi connectivity index (χ2v) is 5.34. The minimum absolute atomic E-state index is 0.878. The first-order valence-corrected chi connectivity index (χ1v) is 6.92. The Hall–Kier alpha value is -1.96. The van der Waals surface area contributed by atoms with Gasteiger partial charge in [-0.2, -0.15) is 0 Å². The summed E-state index contributed by atoms with van der Waals surface area (Å²) in [6, 6.07) is 15.1. The van der Waals surface area contributed by atoms with Crippen molar-refractivity contribution in [2.75, 3.05) is 17.2 Å². The van der Waals surface area contributed by atoms with Gasteiger partial charge in [0.15, 0.2) is 0 Å². The van der Waals surface area contributed by atoms with Crippen LogP contribution in [0.1, 0.15) is 23.1 Å². The summed E-state index contributed by atoms with van der Waals surface area (Å²) < 4.78 is 0. The molecule has 3 rings (SSSR count). The lowest BCUT2D eigenvalue weighted by Crippen LogP contribution is -2.28. The normalized spacial score (nSPS) is 14.3. The van der Waals surface area contributed by atoms with Gasteiger partial charge in [-0.25, -0.2) is 0 Å². The highest BCUT2D eigenvalue weighted by Gasteiger charge is 2.16. The fourth-order valence-electron chi connectivity index (χ4n) is 2.83. The van der Waals surface area contributed by atoms with Gasteiger partial charge in [0, 0.05) is 24.5 Å². The number of nitrogens with two attached hydrogens (primary N) is 1. The summed E-state index contributed by atoms with van der Waals surface area (Å²) in [7, 11) is 0. The number of para-hydroxylation sites is 1. The van der Waals surface area contributed by atoms with Gasteiger partial charge in [-0.15, -0.1) is 0 Å². The number of benzene rings is 2. The van der Waals surface area contributed by atoms with E-state index in [0.29, 0.717) is 0 Å². The molecule has 2 heteroatoms. The molecule has 0 bridgehead atoms. The third-order valence-electron chi connectivity index (χ3n) is 3.91. The fourth-order valence-corrected chi connectivity index (χ4v) is 2.83. The van der Waals surface area contributed by atoms with Gasteiger partial charge in [0.05, 0.1) is 0 Å². The molecule has 1 aliphatic heterocycles. The van der Waals surface area contributed by atoms with E-state index in [1.54, 1.807) is 0 Å². The van der Waals surface area contributed by atoms with Crippen LogP contribution in [0.3, 0.4) is 0 Å². The molecule has 1 aliphatic rings. The molecule has 2 N–H and O–H groups in total. The fraction of sp³-hybridized carbons (Fsp3) is 0.294. The first-order chi connectivity index (χ1) is 9.24. The van der Waals surface area contributed by atoms with E-state index >= 15 is 0 Å². The van der Waals surface area contributed by atoms with Gasteiger partial charge < -0.3 is 10.6 Å². The Kier molecular flexibility index (Phi) is 3.16. The molecular weight excluding hydrogens is 232 g/mol. The Balaban J connectivity index is 1.86. The van der Waals surface area contributed by atoms with Crippen molar-refractivity contribution in [1.29, 1.82) is 0 Å². The minimum Gasteiger partial charge on any atom is -0.399 e. The minimum atomic E-state index is 0.878. The smallest absolute Gasteiger partial charge is 0.0429 e. The quantitative estimate of drug-likeness (QED) is 0.828. The summed E-state index contributed by atoms with van der Waals surface area (Å²) in [5, 5.41) is 0. The van der Waals surface area contributed by atoms with E-state index < -0.39 is 0 Å². The van der Waals surface area contributed by atoms with Gasteiger partial charge in [-0.1, -0.05) is 30.3 Å². The Bertz CT molecular complexity index is 590. The Morgan fingerprint density at radius 2 is 2.00 bits per heavy atom. The largest absolute Gasteiger partial charge is 0.399 e. The van der Waals surface area contributed by atoms with Crippen LogP contribution >= 0.6 is 0 Å².